The number of ether oxygens (including phenoxy) is 1. The van der Waals surface area contributed by atoms with E-state index in [0.29, 0.717) is 10.8 Å². The van der Waals surface area contributed by atoms with Gasteiger partial charge in [0.1, 0.15) is 11.4 Å². The summed E-state index contributed by atoms with van der Waals surface area (Å²) in [4.78, 5) is 10.8. The Morgan fingerprint density at radius 3 is 2.76 bits per heavy atom. The van der Waals surface area contributed by atoms with E-state index < -0.39 is 11.6 Å². The number of hydrogen-bond donors (Lipinski definition) is 1. The van der Waals surface area contributed by atoms with E-state index in [1.165, 1.54) is 0 Å². The second kappa shape index (κ2) is 4.57. The van der Waals surface area contributed by atoms with Gasteiger partial charge in [0.25, 0.3) is 0 Å². The zero-order chi connectivity index (χ0) is 12.5. The van der Waals surface area contributed by atoms with Gasteiger partial charge in [0.05, 0.1) is 11.4 Å². The minimum Gasteiger partial charge on any atom is -0.485 e. The lowest BCUT2D eigenvalue weighted by atomic mass is 9.77. The number of carbonyl (C=O) groups is 1. The molecule has 0 spiro atoms. The maximum absolute atomic E-state index is 10.8. The summed E-state index contributed by atoms with van der Waals surface area (Å²) in [6.45, 7) is 1.95. The summed E-state index contributed by atoms with van der Waals surface area (Å²) in [5.74, 6) is -0.235. The lowest BCUT2D eigenvalue weighted by Gasteiger charge is -2.41. The van der Waals surface area contributed by atoms with Gasteiger partial charge in [-0.2, -0.15) is 0 Å². The van der Waals surface area contributed by atoms with Crippen molar-refractivity contribution in [3.8, 4) is 5.75 Å². The van der Waals surface area contributed by atoms with E-state index in [1.54, 1.807) is 6.07 Å². The molecule has 92 valence electrons. The minimum absolute atomic E-state index is 0.0390. The molecule has 0 radical (unpaired) electrons. The van der Waals surface area contributed by atoms with Crippen molar-refractivity contribution in [2.45, 2.75) is 38.2 Å². The van der Waals surface area contributed by atoms with E-state index in [2.05, 4.69) is 0 Å². The first kappa shape index (κ1) is 12.2. The molecule has 4 heteroatoms. The summed E-state index contributed by atoms with van der Waals surface area (Å²) in [7, 11) is 0. The van der Waals surface area contributed by atoms with Gasteiger partial charge in [-0.1, -0.05) is 17.7 Å². The second-order valence-corrected chi connectivity index (χ2v) is 5.05. The Kier molecular flexibility index (Phi) is 3.29. The largest absolute Gasteiger partial charge is 0.485 e. The van der Waals surface area contributed by atoms with E-state index in [-0.39, 0.29) is 6.42 Å². The van der Waals surface area contributed by atoms with E-state index in [1.807, 2.05) is 19.1 Å². The van der Waals surface area contributed by atoms with Crippen molar-refractivity contribution < 1.29 is 14.6 Å². The average molecular weight is 255 g/mol. The van der Waals surface area contributed by atoms with Crippen LogP contribution >= 0.6 is 11.6 Å². The van der Waals surface area contributed by atoms with Crippen molar-refractivity contribution in [1.29, 1.82) is 0 Å². The fourth-order valence-corrected chi connectivity index (χ4v) is 2.24. The van der Waals surface area contributed by atoms with Gasteiger partial charge in [0.15, 0.2) is 0 Å². The maximum Gasteiger partial charge on any atom is 0.307 e. The maximum atomic E-state index is 10.8. The van der Waals surface area contributed by atoms with Gasteiger partial charge in [0.2, 0.25) is 0 Å². The quantitative estimate of drug-likeness (QED) is 0.896. The standard InChI is InChI=1S/C13H15ClO3/c1-9-3-4-10(14)11(7-9)17-13(5-2-6-13)8-12(15)16/h3-4,7H,2,5-6,8H2,1H3,(H,15,16). The number of aryl methyl sites for hydroxylation is 1. The van der Waals surface area contributed by atoms with Gasteiger partial charge < -0.3 is 9.84 Å². The number of hydrogen-bond acceptors (Lipinski definition) is 2. The van der Waals surface area contributed by atoms with Crippen LogP contribution in [0.4, 0.5) is 0 Å². The molecule has 2 rings (SSSR count). The Hall–Kier alpha value is -1.22. The number of halogens is 1. The molecule has 3 nitrogen and oxygen atoms in total. The van der Waals surface area contributed by atoms with Crippen LogP contribution in [0.5, 0.6) is 5.75 Å². The molecule has 1 aliphatic rings. The van der Waals surface area contributed by atoms with E-state index in [9.17, 15) is 4.79 Å². The zero-order valence-electron chi connectivity index (χ0n) is 9.70. The highest BCUT2D eigenvalue weighted by Gasteiger charge is 2.41. The predicted molar refractivity (Wildman–Crippen MR) is 65.7 cm³/mol. The second-order valence-electron chi connectivity index (χ2n) is 4.64. The highest BCUT2D eigenvalue weighted by Crippen LogP contribution is 2.41. The smallest absolute Gasteiger partial charge is 0.307 e. The monoisotopic (exact) mass is 254 g/mol. The van der Waals surface area contributed by atoms with Crippen LogP contribution in [0.25, 0.3) is 0 Å². The summed E-state index contributed by atoms with van der Waals surface area (Å²) in [6.07, 6.45) is 2.61. The van der Waals surface area contributed by atoms with E-state index in [0.717, 1.165) is 24.8 Å². The molecule has 0 bridgehead atoms. The Morgan fingerprint density at radius 2 is 2.24 bits per heavy atom. The van der Waals surface area contributed by atoms with E-state index in [4.69, 9.17) is 21.4 Å². The fraction of sp³-hybridized carbons (Fsp3) is 0.462. The SMILES string of the molecule is Cc1ccc(Cl)c(OC2(CC(=O)O)CCC2)c1. The summed E-state index contributed by atoms with van der Waals surface area (Å²) in [5.41, 5.74) is 0.498. The van der Waals surface area contributed by atoms with E-state index >= 15 is 0 Å². The van der Waals surface area contributed by atoms with Crippen molar-refractivity contribution in [3.05, 3.63) is 28.8 Å². The average Bonchev–Trinajstić information content (AvgIpc) is 2.19. The van der Waals surface area contributed by atoms with Crippen molar-refractivity contribution in [3.63, 3.8) is 0 Å². The molecule has 1 aromatic carbocycles. The van der Waals surface area contributed by atoms with Crippen LogP contribution in [0.15, 0.2) is 18.2 Å². The Labute approximate surface area is 105 Å². The lowest BCUT2D eigenvalue weighted by Crippen LogP contribution is -2.45. The summed E-state index contributed by atoms with van der Waals surface area (Å²) in [6, 6.07) is 5.53. The van der Waals surface area contributed by atoms with Gasteiger partial charge in [0, 0.05) is 0 Å². The van der Waals surface area contributed by atoms with Crippen LogP contribution in [0.2, 0.25) is 5.02 Å². The molecule has 0 amide bonds. The van der Waals surface area contributed by atoms with Crippen LogP contribution in [0.3, 0.4) is 0 Å². The van der Waals surface area contributed by atoms with Crippen molar-refractivity contribution >= 4 is 17.6 Å². The molecule has 0 atom stereocenters. The van der Waals surface area contributed by atoms with Crippen LogP contribution < -0.4 is 4.74 Å². The van der Waals surface area contributed by atoms with Gasteiger partial charge in [-0.15, -0.1) is 0 Å². The van der Waals surface area contributed by atoms with Crippen molar-refractivity contribution in [1.82, 2.24) is 0 Å². The third kappa shape index (κ3) is 2.72. The topological polar surface area (TPSA) is 46.5 Å². The Balaban J connectivity index is 2.18. The molecular formula is C13H15ClO3. The zero-order valence-corrected chi connectivity index (χ0v) is 10.5. The predicted octanol–water partition coefficient (Wildman–Crippen LogP) is 3.42. The molecule has 1 N–H and O–H groups in total. The molecule has 17 heavy (non-hydrogen) atoms. The number of aliphatic carboxylic acids is 1. The Bertz CT molecular complexity index is 438. The van der Waals surface area contributed by atoms with Crippen LogP contribution in [0, 0.1) is 6.92 Å². The Morgan fingerprint density at radius 1 is 1.53 bits per heavy atom. The molecule has 1 fully saturated rings. The molecular weight excluding hydrogens is 240 g/mol. The third-order valence-corrected chi connectivity index (χ3v) is 3.46. The number of carboxylic acids is 1. The molecule has 0 unspecified atom stereocenters. The summed E-state index contributed by atoms with van der Waals surface area (Å²) in [5, 5.41) is 9.44. The summed E-state index contributed by atoms with van der Waals surface area (Å²) >= 11 is 6.05. The highest BCUT2D eigenvalue weighted by molar-refractivity contribution is 6.32. The van der Waals surface area contributed by atoms with Crippen LogP contribution in [-0.4, -0.2) is 16.7 Å². The highest BCUT2D eigenvalue weighted by atomic mass is 35.5. The molecule has 0 heterocycles. The first-order valence-corrected chi connectivity index (χ1v) is 6.06. The van der Waals surface area contributed by atoms with Crippen molar-refractivity contribution in [2.75, 3.05) is 0 Å². The van der Waals surface area contributed by atoms with Gasteiger partial charge in [-0.05, 0) is 43.9 Å². The number of rotatable bonds is 4. The fourth-order valence-electron chi connectivity index (χ4n) is 2.08. The lowest BCUT2D eigenvalue weighted by molar-refractivity contribution is -0.144. The first-order chi connectivity index (χ1) is 8.01. The molecule has 0 aromatic heterocycles. The molecule has 1 saturated carbocycles. The molecule has 1 aromatic rings. The first-order valence-electron chi connectivity index (χ1n) is 5.68. The van der Waals surface area contributed by atoms with Gasteiger partial charge in [-0.25, -0.2) is 0 Å². The van der Waals surface area contributed by atoms with Crippen LogP contribution in [0.1, 0.15) is 31.2 Å². The van der Waals surface area contributed by atoms with Crippen molar-refractivity contribution in [2.24, 2.45) is 0 Å². The number of benzene rings is 1. The normalized spacial score (nSPS) is 17.3. The molecule has 0 aliphatic heterocycles. The molecule has 0 saturated heterocycles. The summed E-state index contributed by atoms with van der Waals surface area (Å²) < 4.78 is 5.85. The molecule has 1 aliphatic carbocycles. The van der Waals surface area contributed by atoms with Crippen LogP contribution in [-0.2, 0) is 4.79 Å². The van der Waals surface area contributed by atoms with Gasteiger partial charge in [-0.3, -0.25) is 4.79 Å². The van der Waals surface area contributed by atoms with Gasteiger partial charge >= 0.3 is 5.97 Å². The number of carboxylic acid groups (broad SMARTS) is 1. The third-order valence-electron chi connectivity index (χ3n) is 3.15. The minimum atomic E-state index is -0.825.